The van der Waals surface area contributed by atoms with E-state index in [0.29, 0.717) is 5.56 Å². The smallest absolute Gasteiger partial charge is 0.327 e. The van der Waals surface area contributed by atoms with Crippen LogP contribution in [0.15, 0.2) is 85.2 Å². The van der Waals surface area contributed by atoms with Crippen molar-refractivity contribution in [1.29, 1.82) is 0 Å². The quantitative estimate of drug-likeness (QED) is 0.356. The SMILES string of the molecule is Cn1c(-c2ccc(C(F)(F)F)cc2)c(-c2ccncc2)n2nc(-c3ccccc3)cc12. The fourth-order valence-electron chi connectivity index (χ4n) is 3.81. The lowest BCUT2D eigenvalue weighted by Crippen LogP contribution is -2.04. The number of alkyl halides is 3. The minimum atomic E-state index is -4.38. The van der Waals surface area contributed by atoms with Gasteiger partial charge in [-0.15, -0.1) is 0 Å². The van der Waals surface area contributed by atoms with Gasteiger partial charge in [0.1, 0.15) is 5.65 Å². The Balaban J connectivity index is 1.75. The van der Waals surface area contributed by atoms with Gasteiger partial charge in [0.15, 0.2) is 0 Å². The maximum absolute atomic E-state index is 13.0. The van der Waals surface area contributed by atoms with E-state index in [1.54, 1.807) is 12.4 Å². The number of fused-ring (bicyclic) bond motifs is 1. The minimum Gasteiger partial charge on any atom is -0.327 e. The van der Waals surface area contributed by atoms with Gasteiger partial charge in [-0.1, -0.05) is 42.5 Å². The van der Waals surface area contributed by atoms with Crippen LogP contribution in [0.1, 0.15) is 5.56 Å². The molecule has 154 valence electrons. The lowest BCUT2D eigenvalue weighted by Gasteiger charge is -2.10. The predicted molar refractivity (Wildman–Crippen MR) is 113 cm³/mol. The van der Waals surface area contributed by atoms with E-state index < -0.39 is 11.7 Å². The van der Waals surface area contributed by atoms with Crippen LogP contribution in [0.2, 0.25) is 0 Å². The average molecular weight is 418 g/mol. The van der Waals surface area contributed by atoms with Crippen molar-refractivity contribution in [2.45, 2.75) is 6.18 Å². The van der Waals surface area contributed by atoms with Crippen LogP contribution in [0.5, 0.6) is 0 Å². The monoisotopic (exact) mass is 418 g/mol. The van der Waals surface area contributed by atoms with Gasteiger partial charge in [0.05, 0.1) is 22.6 Å². The number of aryl methyl sites for hydroxylation is 1. The van der Waals surface area contributed by atoms with Crippen molar-refractivity contribution in [2.24, 2.45) is 7.05 Å². The highest BCUT2D eigenvalue weighted by atomic mass is 19.4. The second-order valence-corrected chi connectivity index (χ2v) is 7.23. The minimum absolute atomic E-state index is 0.674. The summed E-state index contributed by atoms with van der Waals surface area (Å²) < 4.78 is 42.9. The Morgan fingerprint density at radius 1 is 0.742 bits per heavy atom. The van der Waals surface area contributed by atoms with E-state index in [4.69, 9.17) is 5.10 Å². The molecule has 0 aliphatic heterocycles. The molecule has 5 aromatic rings. The van der Waals surface area contributed by atoms with Gasteiger partial charge in [-0.25, -0.2) is 4.52 Å². The molecule has 0 N–H and O–H groups in total. The van der Waals surface area contributed by atoms with Crippen LogP contribution in [-0.4, -0.2) is 19.2 Å². The number of halogens is 3. The number of hydrogen-bond donors (Lipinski definition) is 0. The van der Waals surface area contributed by atoms with E-state index in [1.807, 2.05) is 64.7 Å². The second kappa shape index (κ2) is 7.12. The molecule has 0 fully saturated rings. The third-order valence-electron chi connectivity index (χ3n) is 5.31. The standard InChI is InChI=1S/C24H17F3N4/c1-30-21-15-20(16-5-3-2-4-6-16)29-31(21)23(18-11-13-28-14-12-18)22(30)17-7-9-19(10-8-17)24(25,26)27/h2-15H,1H3. The van der Waals surface area contributed by atoms with Gasteiger partial charge in [-0.05, 0) is 24.3 Å². The van der Waals surface area contributed by atoms with E-state index in [2.05, 4.69) is 4.98 Å². The van der Waals surface area contributed by atoms with Crippen LogP contribution in [-0.2, 0) is 13.2 Å². The summed E-state index contributed by atoms with van der Waals surface area (Å²) in [5, 5.41) is 4.82. The van der Waals surface area contributed by atoms with Crippen molar-refractivity contribution in [1.82, 2.24) is 19.2 Å². The Kier molecular flexibility index (Phi) is 4.39. The molecule has 7 heteroatoms. The lowest BCUT2D eigenvalue weighted by atomic mass is 10.0. The maximum Gasteiger partial charge on any atom is 0.416 e. The van der Waals surface area contributed by atoms with Gasteiger partial charge in [0.25, 0.3) is 0 Å². The van der Waals surface area contributed by atoms with Crippen LogP contribution in [0.25, 0.3) is 39.4 Å². The molecule has 31 heavy (non-hydrogen) atoms. The number of pyridine rings is 1. The van der Waals surface area contributed by atoms with Gasteiger partial charge in [-0.2, -0.15) is 18.3 Å². The predicted octanol–water partition coefficient (Wildman–Crippen LogP) is 6.09. The first kappa shape index (κ1) is 19.1. The van der Waals surface area contributed by atoms with Crippen molar-refractivity contribution in [3.63, 3.8) is 0 Å². The van der Waals surface area contributed by atoms with Crippen molar-refractivity contribution >= 4 is 5.65 Å². The number of imidazole rings is 1. The number of nitrogens with zero attached hydrogens (tertiary/aromatic N) is 4. The van der Waals surface area contributed by atoms with Crippen molar-refractivity contribution in [2.75, 3.05) is 0 Å². The molecule has 0 atom stereocenters. The average Bonchev–Trinajstić information content (AvgIpc) is 3.33. The van der Waals surface area contributed by atoms with E-state index in [9.17, 15) is 13.2 Å². The highest BCUT2D eigenvalue weighted by Crippen LogP contribution is 2.37. The van der Waals surface area contributed by atoms with Crippen LogP contribution < -0.4 is 0 Å². The third-order valence-corrected chi connectivity index (χ3v) is 5.31. The molecule has 2 aromatic carbocycles. The Hall–Kier alpha value is -3.87. The summed E-state index contributed by atoms with van der Waals surface area (Å²) in [5.41, 5.74) is 5.09. The molecular weight excluding hydrogens is 401 g/mol. The molecule has 3 heterocycles. The largest absolute Gasteiger partial charge is 0.416 e. The van der Waals surface area contributed by atoms with Crippen LogP contribution in [0.4, 0.5) is 13.2 Å². The molecule has 0 amide bonds. The van der Waals surface area contributed by atoms with Crippen molar-refractivity contribution in [3.8, 4) is 33.8 Å². The molecule has 0 radical (unpaired) electrons. The van der Waals surface area contributed by atoms with E-state index in [0.717, 1.165) is 46.0 Å². The number of rotatable bonds is 3. The summed E-state index contributed by atoms with van der Waals surface area (Å²) in [6, 6.07) is 20.8. The van der Waals surface area contributed by atoms with E-state index >= 15 is 0 Å². The zero-order chi connectivity index (χ0) is 21.6. The topological polar surface area (TPSA) is 35.1 Å². The summed E-state index contributed by atoms with van der Waals surface area (Å²) in [6.07, 6.45) is -1.00. The molecule has 0 aliphatic carbocycles. The fraction of sp³-hybridized carbons (Fsp3) is 0.0833. The summed E-state index contributed by atoms with van der Waals surface area (Å²) in [5.74, 6) is 0. The third kappa shape index (κ3) is 3.28. The fourth-order valence-corrected chi connectivity index (χ4v) is 3.81. The lowest BCUT2D eigenvalue weighted by molar-refractivity contribution is -0.137. The molecule has 0 saturated carbocycles. The van der Waals surface area contributed by atoms with Gasteiger partial charge < -0.3 is 4.57 Å². The molecular formula is C24H17F3N4. The van der Waals surface area contributed by atoms with Gasteiger partial charge in [0, 0.05) is 42.2 Å². The first-order valence-electron chi connectivity index (χ1n) is 9.65. The molecule has 0 aliphatic rings. The first-order valence-corrected chi connectivity index (χ1v) is 9.65. The highest BCUT2D eigenvalue weighted by molar-refractivity contribution is 5.83. The molecule has 5 rings (SSSR count). The second-order valence-electron chi connectivity index (χ2n) is 7.23. The van der Waals surface area contributed by atoms with Crippen molar-refractivity contribution in [3.05, 3.63) is 90.8 Å². The Morgan fingerprint density at radius 2 is 1.39 bits per heavy atom. The zero-order valence-corrected chi connectivity index (χ0v) is 16.5. The molecule has 3 aromatic heterocycles. The summed E-state index contributed by atoms with van der Waals surface area (Å²) in [7, 11) is 1.89. The Labute approximate surface area is 176 Å². The molecule has 4 nitrogen and oxygen atoms in total. The number of aromatic nitrogens is 4. The molecule has 0 saturated heterocycles. The van der Waals surface area contributed by atoms with Gasteiger partial charge in [0.2, 0.25) is 0 Å². The van der Waals surface area contributed by atoms with E-state index in [1.165, 1.54) is 12.1 Å². The molecule has 0 spiro atoms. The van der Waals surface area contributed by atoms with Crippen LogP contribution in [0, 0.1) is 0 Å². The van der Waals surface area contributed by atoms with Gasteiger partial charge in [-0.3, -0.25) is 4.98 Å². The van der Waals surface area contributed by atoms with E-state index in [-0.39, 0.29) is 0 Å². The van der Waals surface area contributed by atoms with Crippen molar-refractivity contribution < 1.29 is 13.2 Å². The van der Waals surface area contributed by atoms with Crippen LogP contribution in [0.3, 0.4) is 0 Å². The first-order chi connectivity index (χ1) is 14.9. The Morgan fingerprint density at radius 3 is 2.03 bits per heavy atom. The number of benzene rings is 2. The summed E-state index contributed by atoms with van der Waals surface area (Å²) >= 11 is 0. The normalized spacial score (nSPS) is 11.9. The zero-order valence-electron chi connectivity index (χ0n) is 16.5. The van der Waals surface area contributed by atoms with Crippen LogP contribution >= 0.6 is 0 Å². The number of hydrogen-bond acceptors (Lipinski definition) is 2. The Bertz CT molecular complexity index is 1350. The summed E-state index contributed by atoms with van der Waals surface area (Å²) in [4.78, 5) is 4.09. The summed E-state index contributed by atoms with van der Waals surface area (Å²) in [6.45, 7) is 0. The maximum atomic E-state index is 13.0. The molecule has 0 bridgehead atoms. The van der Waals surface area contributed by atoms with Gasteiger partial charge >= 0.3 is 6.18 Å². The molecule has 0 unspecified atom stereocenters. The highest BCUT2D eigenvalue weighted by Gasteiger charge is 2.30.